The van der Waals surface area contributed by atoms with Gasteiger partial charge in [0.15, 0.2) is 11.4 Å². The largest absolute Gasteiger partial charge is 0.391 e. The summed E-state index contributed by atoms with van der Waals surface area (Å²) in [7, 11) is 0. The minimum Gasteiger partial charge on any atom is -0.391 e. The van der Waals surface area contributed by atoms with Crippen LogP contribution in [0, 0.1) is 0 Å². The minimum absolute atomic E-state index is 0.163. The second kappa shape index (κ2) is 12.4. The highest BCUT2D eigenvalue weighted by Gasteiger charge is 2.15. The predicted molar refractivity (Wildman–Crippen MR) is 87.5 cm³/mol. The molecule has 0 fully saturated rings. The van der Waals surface area contributed by atoms with Crippen LogP contribution in [-0.4, -0.2) is 65.6 Å². The van der Waals surface area contributed by atoms with E-state index in [1.165, 1.54) is 11.8 Å². The number of carbonyl (C=O) groups is 1. The first-order valence-corrected chi connectivity index (χ1v) is 8.66. The number of hydrogen-bond donors (Lipinski definition) is 1. The van der Waals surface area contributed by atoms with Gasteiger partial charge in [-0.25, -0.2) is 0 Å². The molecule has 0 saturated heterocycles. The maximum Gasteiger partial charge on any atom is 0.190 e. The van der Waals surface area contributed by atoms with Crippen LogP contribution in [0.4, 0.5) is 0 Å². The van der Waals surface area contributed by atoms with Gasteiger partial charge in [0.05, 0.1) is 13.2 Å². The molecule has 1 N–H and O–H groups in total. The van der Waals surface area contributed by atoms with E-state index in [4.69, 9.17) is 14.6 Å². The zero-order chi connectivity index (χ0) is 16.3. The minimum atomic E-state index is -0.580. The molecular weight excluding hydrogens is 290 g/mol. The van der Waals surface area contributed by atoms with Crippen LogP contribution in [0.25, 0.3) is 0 Å². The molecule has 0 bridgehead atoms. The van der Waals surface area contributed by atoms with E-state index in [-0.39, 0.29) is 11.7 Å². The van der Waals surface area contributed by atoms with Crippen LogP contribution in [0.2, 0.25) is 0 Å². The summed E-state index contributed by atoms with van der Waals surface area (Å²) in [4.78, 5) is 14.1. The highest BCUT2D eigenvalue weighted by Crippen LogP contribution is 2.11. The van der Waals surface area contributed by atoms with Gasteiger partial charge in [0.2, 0.25) is 0 Å². The van der Waals surface area contributed by atoms with E-state index in [9.17, 15) is 4.79 Å². The Balaban J connectivity index is 3.80. The standard InChI is InChI=1S/C15H31NO4S/c1-6-19-15(11-17)20-9-10-21-14(18)7-8-16(12(2)3)13(4)5/h12-13,15,17H,6-11H2,1-5H3. The molecule has 0 rings (SSSR count). The van der Waals surface area contributed by atoms with E-state index in [0.717, 1.165) is 6.54 Å². The van der Waals surface area contributed by atoms with Gasteiger partial charge < -0.3 is 14.6 Å². The van der Waals surface area contributed by atoms with Crippen molar-refractivity contribution < 1.29 is 19.4 Å². The van der Waals surface area contributed by atoms with Crippen LogP contribution >= 0.6 is 11.8 Å². The van der Waals surface area contributed by atoms with Gasteiger partial charge in [0.25, 0.3) is 0 Å². The molecule has 0 aromatic rings. The Hall–Kier alpha value is -0.140. The Kier molecular flexibility index (Phi) is 12.3. The number of ether oxygens (including phenoxy) is 2. The van der Waals surface area contributed by atoms with E-state index < -0.39 is 6.29 Å². The van der Waals surface area contributed by atoms with E-state index in [0.29, 0.717) is 37.5 Å². The monoisotopic (exact) mass is 321 g/mol. The molecule has 126 valence electrons. The second-order valence-corrected chi connectivity index (χ2v) is 6.49. The average molecular weight is 321 g/mol. The fraction of sp³-hybridized carbons (Fsp3) is 0.933. The number of aliphatic hydroxyl groups excluding tert-OH is 1. The average Bonchev–Trinajstić information content (AvgIpc) is 2.41. The molecule has 0 amide bonds. The smallest absolute Gasteiger partial charge is 0.190 e. The molecule has 0 aliphatic rings. The van der Waals surface area contributed by atoms with E-state index in [2.05, 4.69) is 32.6 Å². The second-order valence-electron chi connectivity index (χ2n) is 5.33. The first-order chi connectivity index (χ1) is 9.92. The maximum absolute atomic E-state index is 11.8. The first kappa shape index (κ1) is 20.9. The number of hydrogen-bond acceptors (Lipinski definition) is 6. The van der Waals surface area contributed by atoms with Crippen LogP contribution in [0.3, 0.4) is 0 Å². The Morgan fingerprint density at radius 3 is 2.29 bits per heavy atom. The third-order valence-corrected chi connectivity index (χ3v) is 3.95. The van der Waals surface area contributed by atoms with Crippen molar-refractivity contribution in [3.05, 3.63) is 0 Å². The van der Waals surface area contributed by atoms with Crippen LogP contribution in [0.1, 0.15) is 41.0 Å². The molecule has 1 atom stereocenters. The summed E-state index contributed by atoms with van der Waals surface area (Å²) in [6, 6.07) is 0.894. The van der Waals surface area contributed by atoms with Gasteiger partial charge in [0, 0.05) is 37.4 Å². The predicted octanol–water partition coefficient (Wildman–Crippen LogP) is 2.13. The maximum atomic E-state index is 11.8. The first-order valence-electron chi connectivity index (χ1n) is 7.67. The summed E-state index contributed by atoms with van der Waals surface area (Å²) >= 11 is 1.28. The van der Waals surface area contributed by atoms with Gasteiger partial charge in [-0.05, 0) is 34.6 Å². The van der Waals surface area contributed by atoms with Crippen molar-refractivity contribution in [2.45, 2.75) is 59.4 Å². The van der Waals surface area contributed by atoms with E-state index >= 15 is 0 Å². The summed E-state index contributed by atoms with van der Waals surface area (Å²) in [6.45, 7) is 12.0. The fourth-order valence-electron chi connectivity index (χ4n) is 2.08. The lowest BCUT2D eigenvalue weighted by molar-refractivity contribution is -0.156. The van der Waals surface area contributed by atoms with Crippen molar-refractivity contribution in [2.75, 3.05) is 32.1 Å². The molecule has 0 spiro atoms. The Labute approximate surface area is 133 Å². The fourth-order valence-corrected chi connectivity index (χ4v) is 2.72. The lowest BCUT2D eigenvalue weighted by Crippen LogP contribution is -2.38. The van der Waals surface area contributed by atoms with Gasteiger partial charge in [-0.2, -0.15) is 0 Å². The summed E-state index contributed by atoms with van der Waals surface area (Å²) in [5.74, 6) is 0.589. The normalized spacial score (nSPS) is 13.4. The van der Waals surface area contributed by atoms with Crippen molar-refractivity contribution in [3.63, 3.8) is 0 Å². The lowest BCUT2D eigenvalue weighted by Gasteiger charge is -2.30. The van der Waals surface area contributed by atoms with Crippen LogP contribution in [0.5, 0.6) is 0 Å². The van der Waals surface area contributed by atoms with E-state index in [1.54, 1.807) is 0 Å². The topological polar surface area (TPSA) is 59.0 Å². The molecule has 0 aliphatic carbocycles. The van der Waals surface area contributed by atoms with Gasteiger partial charge in [-0.15, -0.1) is 0 Å². The van der Waals surface area contributed by atoms with Crippen LogP contribution < -0.4 is 0 Å². The van der Waals surface area contributed by atoms with Crippen molar-refractivity contribution in [1.29, 1.82) is 0 Å². The molecule has 0 saturated carbocycles. The number of nitrogens with zero attached hydrogens (tertiary/aromatic N) is 1. The van der Waals surface area contributed by atoms with Gasteiger partial charge in [-0.1, -0.05) is 11.8 Å². The third kappa shape index (κ3) is 10.3. The Morgan fingerprint density at radius 1 is 1.19 bits per heavy atom. The highest BCUT2D eigenvalue weighted by atomic mass is 32.2. The van der Waals surface area contributed by atoms with Crippen molar-refractivity contribution in [2.24, 2.45) is 0 Å². The summed E-state index contributed by atoms with van der Waals surface area (Å²) in [5.41, 5.74) is 0. The molecule has 0 radical (unpaired) electrons. The molecule has 0 aromatic heterocycles. The molecule has 5 nitrogen and oxygen atoms in total. The molecule has 6 heteroatoms. The van der Waals surface area contributed by atoms with Crippen molar-refractivity contribution >= 4 is 16.9 Å². The molecule has 0 aliphatic heterocycles. The number of aliphatic hydroxyl groups is 1. The molecular formula is C15H31NO4S. The summed E-state index contributed by atoms with van der Waals surface area (Å²) in [6.07, 6.45) is -0.0290. The zero-order valence-corrected chi connectivity index (χ0v) is 14.8. The SMILES string of the molecule is CCOC(CO)OCCSC(=O)CCN(C(C)C)C(C)C. The molecule has 0 aromatic carbocycles. The van der Waals surface area contributed by atoms with Gasteiger partial charge in [-0.3, -0.25) is 9.69 Å². The van der Waals surface area contributed by atoms with Crippen molar-refractivity contribution in [3.8, 4) is 0 Å². The Bertz CT molecular complexity index is 266. The quantitative estimate of drug-likeness (QED) is 0.439. The van der Waals surface area contributed by atoms with E-state index in [1.807, 2.05) is 6.92 Å². The molecule has 21 heavy (non-hydrogen) atoms. The van der Waals surface area contributed by atoms with Crippen molar-refractivity contribution in [1.82, 2.24) is 4.90 Å². The van der Waals surface area contributed by atoms with Gasteiger partial charge >= 0.3 is 0 Å². The van der Waals surface area contributed by atoms with Crippen LogP contribution in [0.15, 0.2) is 0 Å². The summed E-state index contributed by atoms with van der Waals surface area (Å²) in [5, 5.41) is 9.17. The van der Waals surface area contributed by atoms with Crippen LogP contribution in [-0.2, 0) is 14.3 Å². The molecule has 1 unspecified atom stereocenters. The number of thioether (sulfide) groups is 1. The highest BCUT2D eigenvalue weighted by molar-refractivity contribution is 8.13. The molecule has 0 heterocycles. The van der Waals surface area contributed by atoms with Gasteiger partial charge in [0.1, 0.15) is 0 Å². The zero-order valence-electron chi connectivity index (χ0n) is 14.0. The lowest BCUT2D eigenvalue weighted by atomic mass is 10.2. The summed E-state index contributed by atoms with van der Waals surface area (Å²) < 4.78 is 10.5. The Morgan fingerprint density at radius 2 is 1.81 bits per heavy atom. The number of rotatable bonds is 12. The number of carbonyl (C=O) groups excluding carboxylic acids is 1. The third-order valence-electron chi connectivity index (χ3n) is 3.05.